The molecule has 1 heterocycles. The largest absolute Gasteiger partial charge is 0.312 e. The molecule has 1 N–H and O–H groups in total. The molecule has 1 aliphatic carbocycles. The number of hydrogen-bond acceptors (Lipinski definition) is 2. The van der Waals surface area contributed by atoms with Gasteiger partial charge < -0.3 is 5.32 Å². The summed E-state index contributed by atoms with van der Waals surface area (Å²) in [5.41, 5.74) is 1.69. The Bertz CT molecular complexity index is 321. The van der Waals surface area contributed by atoms with Crippen molar-refractivity contribution in [3.05, 3.63) is 29.0 Å². The number of hydrogen-bond donors (Lipinski definition) is 1. The van der Waals surface area contributed by atoms with Gasteiger partial charge in [-0.05, 0) is 29.9 Å². The second-order valence-corrected chi connectivity index (χ2v) is 4.79. The first-order valence-corrected chi connectivity index (χ1v) is 5.37. The summed E-state index contributed by atoms with van der Waals surface area (Å²) >= 11 is 5.99. The van der Waals surface area contributed by atoms with Gasteiger partial charge in [-0.3, -0.25) is 4.98 Å². The van der Waals surface area contributed by atoms with Gasteiger partial charge in [0.1, 0.15) is 0 Å². The van der Waals surface area contributed by atoms with E-state index in [0.717, 1.165) is 23.7 Å². The van der Waals surface area contributed by atoms with E-state index in [4.69, 9.17) is 11.6 Å². The SMILES string of the molecule is CC1(CNCc2ccncc2Cl)CC1. The van der Waals surface area contributed by atoms with Crippen molar-refractivity contribution in [1.29, 1.82) is 0 Å². The third-order valence-electron chi connectivity index (χ3n) is 2.83. The Labute approximate surface area is 89.7 Å². The Balaban J connectivity index is 1.83. The topological polar surface area (TPSA) is 24.9 Å². The molecule has 0 aromatic carbocycles. The van der Waals surface area contributed by atoms with E-state index in [1.165, 1.54) is 12.8 Å². The standard InChI is InChI=1S/C11H15ClN2/c1-11(3-4-11)8-14-6-9-2-5-13-7-10(9)12/h2,5,7,14H,3-4,6,8H2,1H3. The van der Waals surface area contributed by atoms with Crippen LogP contribution in [0.3, 0.4) is 0 Å². The van der Waals surface area contributed by atoms with Crippen LogP contribution < -0.4 is 5.32 Å². The van der Waals surface area contributed by atoms with Crippen LogP contribution in [0.5, 0.6) is 0 Å². The summed E-state index contributed by atoms with van der Waals surface area (Å²) < 4.78 is 0. The molecule has 0 aliphatic heterocycles. The number of nitrogens with zero attached hydrogens (tertiary/aromatic N) is 1. The summed E-state index contributed by atoms with van der Waals surface area (Å²) in [4.78, 5) is 3.95. The molecule has 3 heteroatoms. The van der Waals surface area contributed by atoms with Crippen molar-refractivity contribution < 1.29 is 0 Å². The Kier molecular flexibility index (Phi) is 2.75. The number of aromatic nitrogens is 1. The molecule has 0 amide bonds. The van der Waals surface area contributed by atoms with Crippen LogP contribution in [-0.2, 0) is 6.54 Å². The molecule has 1 aromatic rings. The lowest BCUT2D eigenvalue weighted by Crippen LogP contribution is -2.21. The smallest absolute Gasteiger partial charge is 0.0634 e. The van der Waals surface area contributed by atoms with Gasteiger partial charge in [0.05, 0.1) is 5.02 Å². The van der Waals surface area contributed by atoms with Crippen LogP contribution in [-0.4, -0.2) is 11.5 Å². The van der Waals surface area contributed by atoms with Gasteiger partial charge in [0, 0.05) is 25.5 Å². The Morgan fingerprint density at radius 3 is 3.00 bits per heavy atom. The van der Waals surface area contributed by atoms with E-state index < -0.39 is 0 Å². The van der Waals surface area contributed by atoms with Crippen LogP contribution in [0.2, 0.25) is 5.02 Å². The van der Waals surface area contributed by atoms with Crippen molar-refractivity contribution in [2.45, 2.75) is 26.3 Å². The van der Waals surface area contributed by atoms with E-state index in [1.54, 1.807) is 12.4 Å². The van der Waals surface area contributed by atoms with E-state index in [9.17, 15) is 0 Å². The molecule has 0 spiro atoms. The lowest BCUT2D eigenvalue weighted by molar-refractivity contribution is 0.499. The fourth-order valence-electron chi connectivity index (χ4n) is 1.44. The lowest BCUT2D eigenvalue weighted by atomic mass is 10.1. The second kappa shape index (κ2) is 3.87. The molecule has 1 aromatic heterocycles. The molecule has 0 radical (unpaired) electrons. The van der Waals surface area contributed by atoms with Crippen LogP contribution in [0.4, 0.5) is 0 Å². The van der Waals surface area contributed by atoms with Crippen LogP contribution in [0.1, 0.15) is 25.3 Å². The zero-order chi connectivity index (χ0) is 10.0. The van der Waals surface area contributed by atoms with Gasteiger partial charge in [0.2, 0.25) is 0 Å². The first kappa shape index (κ1) is 9.94. The monoisotopic (exact) mass is 210 g/mol. The van der Waals surface area contributed by atoms with E-state index in [-0.39, 0.29) is 0 Å². The molecular weight excluding hydrogens is 196 g/mol. The van der Waals surface area contributed by atoms with Gasteiger partial charge in [-0.1, -0.05) is 18.5 Å². The highest BCUT2D eigenvalue weighted by Gasteiger charge is 2.36. The molecule has 1 fully saturated rings. The molecular formula is C11H15ClN2. The van der Waals surface area contributed by atoms with Gasteiger partial charge in [-0.25, -0.2) is 0 Å². The average molecular weight is 211 g/mol. The minimum Gasteiger partial charge on any atom is -0.312 e. The van der Waals surface area contributed by atoms with Crippen molar-refractivity contribution in [3.8, 4) is 0 Å². The maximum absolute atomic E-state index is 5.99. The highest BCUT2D eigenvalue weighted by molar-refractivity contribution is 6.31. The molecule has 1 saturated carbocycles. The third-order valence-corrected chi connectivity index (χ3v) is 3.17. The van der Waals surface area contributed by atoms with Crippen LogP contribution in [0.25, 0.3) is 0 Å². The molecule has 0 atom stereocenters. The summed E-state index contributed by atoms with van der Waals surface area (Å²) in [6.45, 7) is 4.25. The van der Waals surface area contributed by atoms with E-state index in [2.05, 4.69) is 17.2 Å². The predicted molar refractivity (Wildman–Crippen MR) is 58.3 cm³/mol. The number of nitrogens with one attached hydrogen (secondary N) is 1. The zero-order valence-corrected chi connectivity index (χ0v) is 9.14. The van der Waals surface area contributed by atoms with Crippen LogP contribution in [0.15, 0.2) is 18.5 Å². The fourth-order valence-corrected chi connectivity index (χ4v) is 1.62. The van der Waals surface area contributed by atoms with Crippen molar-refractivity contribution in [2.24, 2.45) is 5.41 Å². The maximum Gasteiger partial charge on any atom is 0.0634 e. The van der Waals surface area contributed by atoms with Crippen molar-refractivity contribution in [3.63, 3.8) is 0 Å². The second-order valence-electron chi connectivity index (χ2n) is 4.38. The van der Waals surface area contributed by atoms with Gasteiger partial charge in [-0.2, -0.15) is 0 Å². The maximum atomic E-state index is 5.99. The summed E-state index contributed by atoms with van der Waals surface area (Å²) in [6.07, 6.45) is 6.17. The van der Waals surface area contributed by atoms with Crippen molar-refractivity contribution in [1.82, 2.24) is 10.3 Å². The van der Waals surface area contributed by atoms with Crippen LogP contribution in [0, 0.1) is 5.41 Å². The molecule has 2 rings (SSSR count). The predicted octanol–water partition coefficient (Wildman–Crippen LogP) is 2.62. The van der Waals surface area contributed by atoms with Gasteiger partial charge in [-0.15, -0.1) is 0 Å². The Morgan fingerprint density at radius 1 is 1.57 bits per heavy atom. The number of halogens is 1. The first-order chi connectivity index (χ1) is 6.70. The van der Waals surface area contributed by atoms with Crippen molar-refractivity contribution in [2.75, 3.05) is 6.54 Å². The molecule has 0 unspecified atom stereocenters. The third kappa shape index (κ3) is 2.46. The Morgan fingerprint density at radius 2 is 2.36 bits per heavy atom. The number of pyridine rings is 1. The summed E-state index contributed by atoms with van der Waals surface area (Å²) in [6, 6.07) is 1.96. The molecule has 14 heavy (non-hydrogen) atoms. The summed E-state index contributed by atoms with van der Waals surface area (Å²) in [5.74, 6) is 0. The normalized spacial score (nSPS) is 18.1. The summed E-state index contributed by atoms with van der Waals surface area (Å²) in [7, 11) is 0. The number of rotatable bonds is 4. The minimum atomic E-state index is 0.555. The van der Waals surface area contributed by atoms with E-state index in [0.29, 0.717) is 5.41 Å². The highest BCUT2D eigenvalue weighted by Crippen LogP contribution is 2.44. The average Bonchev–Trinajstić information content (AvgIpc) is 2.88. The molecule has 2 nitrogen and oxygen atoms in total. The van der Waals surface area contributed by atoms with Crippen LogP contribution >= 0.6 is 11.6 Å². The molecule has 0 saturated heterocycles. The van der Waals surface area contributed by atoms with E-state index in [1.807, 2.05) is 6.07 Å². The van der Waals surface area contributed by atoms with Gasteiger partial charge in [0.15, 0.2) is 0 Å². The molecule has 0 bridgehead atoms. The Hall–Kier alpha value is -0.600. The molecule has 76 valence electrons. The first-order valence-electron chi connectivity index (χ1n) is 4.99. The summed E-state index contributed by atoms with van der Waals surface area (Å²) in [5, 5.41) is 4.18. The van der Waals surface area contributed by atoms with E-state index >= 15 is 0 Å². The fraction of sp³-hybridized carbons (Fsp3) is 0.545. The quantitative estimate of drug-likeness (QED) is 0.827. The van der Waals surface area contributed by atoms with Crippen molar-refractivity contribution >= 4 is 11.6 Å². The molecule has 1 aliphatic rings. The lowest BCUT2D eigenvalue weighted by Gasteiger charge is -2.10. The van der Waals surface area contributed by atoms with Gasteiger partial charge >= 0.3 is 0 Å². The van der Waals surface area contributed by atoms with Gasteiger partial charge in [0.25, 0.3) is 0 Å². The zero-order valence-electron chi connectivity index (χ0n) is 8.39. The highest BCUT2D eigenvalue weighted by atomic mass is 35.5. The minimum absolute atomic E-state index is 0.555.